The van der Waals surface area contributed by atoms with Gasteiger partial charge in [0.1, 0.15) is 28.7 Å². The molecule has 144 valence electrons. The van der Waals surface area contributed by atoms with Crippen molar-refractivity contribution in [2.45, 2.75) is 33.1 Å². The average molecular weight is 441 g/mol. The first-order valence-corrected chi connectivity index (χ1v) is 9.72. The zero-order valence-corrected chi connectivity index (χ0v) is 18.1. The molecule has 0 spiro atoms. The Labute approximate surface area is 172 Å². The SMILES string of the molecule is COc1c(Br)cc(C)c(-n2c(N)c(C#N)c3cnc4c(c32)OCC4(C)C)c1C. The van der Waals surface area contributed by atoms with Crippen molar-refractivity contribution in [3.63, 3.8) is 0 Å². The number of benzene rings is 1. The lowest BCUT2D eigenvalue weighted by atomic mass is 9.91. The molecule has 2 aromatic heterocycles. The van der Waals surface area contributed by atoms with Crippen LogP contribution in [-0.4, -0.2) is 23.3 Å². The minimum Gasteiger partial charge on any atom is -0.495 e. The fraction of sp³-hybridized carbons (Fsp3) is 0.333. The van der Waals surface area contributed by atoms with Gasteiger partial charge in [-0.05, 0) is 41.4 Å². The first-order chi connectivity index (χ1) is 13.2. The van der Waals surface area contributed by atoms with E-state index < -0.39 is 0 Å². The summed E-state index contributed by atoms with van der Waals surface area (Å²) in [5.41, 5.74) is 11.1. The number of methoxy groups -OCH3 is 1. The molecule has 0 amide bonds. The van der Waals surface area contributed by atoms with E-state index >= 15 is 0 Å². The van der Waals surface area contributed by atoms with Gasteiger partial charge in [0.25, 0.3) is 0 Å². The second-order valence-corrected chi connectivity index (χ2v) is 8.61. The number of fused-ring (bicyclic) bond motifs is 3. The van der Waals surface area contributed by atoms with E-state index in [1.54, 1.807) is 13.3 Å². The van der Waals surface area contributed by atoms with E-state index in [9.17, 15) is 5.26 Å². The second-order valence-electron chi connectivity index (χ2n) is 7.76. The summed E-state index contributed by atoms with van der Waals surface area (Å²) in [6, 6.07) is 4.23. The first kappa shape index (κ1) is 18.6. The number of hydrogen-bond acceptors (Lipinski definition) is 5. The van der Waals surface area contributed by atoms with Crippen LogP contribution in [0.15, 0.2) is 16.7 Å². The molecule has 28 heavy (non-hydrogen) atoms. The van der Waals surface area contributed by atoms with Crippen molar-refractivity contribution < 1.29 is 9.47 Å². The average Bonchev–Trinajstić information content (AvgIpc) is 3.09. The number of ether oxygens (including phenoxy) is 2. The molecule has 0 saturated carbocycles. The first-order valence-electron chi connectivity index (χ1n) is 8.93. The van der Waals surface area contributed by atoms with Crippen molar-refractivity contribution in [1.29, 1.82) is 5.26 Å². The van der Waals surface area contributed by atoms with Gasteiger partial charge in [-0.15, -0.1) is 0 Å². The van der Waals surface area contributed by atoms with Gasteiger partial charge in [-0.1, -0.05) is 13.8 Å². The lowest BCUT2D eigenvalue weighted by Gasteiger charge is -2.19. The van der Waals surface area contributed by atoms with E-state index in [1.165, 1.54) is 0 Å². The summed E-state index contributed by atoms with van der Waals surface area (Å²) >= 11 is 3.56. The van der Waals surface area contributed by atoms with Gasteiger partial charge in [0.15, 0.2) is 5.75 Å². The maximum absolute atomic E-state index is 9.77. The smallest absolute Gasteiger partial charge is 0.166 e. The third kappa shape index (κ3) is 2.34. The molecule has 1 aromatic carbocycles. The Hall–Kier alpha value is -2.72. The molecular weight excluding hydrogens is 420 g/mol. The molecular formula is C21H21BrN4O2. The normalized spacial score (nSPS) is 14.6. The molecule has 0 bridgehead atoms. The molecule has 0 atom stereocenters. The van der Waals surface area contributed by atoms with E-state index in [2.05, 4.69) is 40.8 Å². The Morgan fingerprint density at radius 3 is 2.75 bits per heavy atom. The van der Waals surface area contributed by atoms with Crippen molar-refractivity contribution in [2.24, 2.45) is 0 Å². The molecule has 1 aliphatic rings. The van der Waals surface area contributed by atoms with E-state index in [1.807, 2.05) is 24.5 Å². The maximum atomic E-state index is 9.77. The quantitative estimate of drug-likeness (QED) is 0.631. The van der Waals surface area contributed by atoms with Crippen LogP contribution in [-0.2, 0) is 5.41 Å². The van der Waals surface area contributed by atoms with Gasteiger partial charge in [-0.25, -0.2) is 0 Å². The van der Waals surface area contributed by atoms with Crippen LogP contribution in [0.1, 0.15) is 36.2 Å². The molecule has 0 radical (unpaired) electrons. The second kappa shape index (κ2) is 6.14. The fourth-order valence-corrected chi connectivity index (χ4v) is 4.85. The predicted molar refractivity (Wildman–Crippen MR) is 112 cm³/mol. The topological polar surface area (TPSA) is 86.1 Å². The number of nitriles is 1. The number of rotatable bonds is 2. The van der Waals surface area contributed by atoms with Crippen molar-refractivity contribution in [3.05, 3.63) is 39.1 Å². The van der Waals surface area contributed by atoms with Gasteiger partial charge in [0.2, 0.25) is 0 Å². The van der Waals surface area contributed by atoms with Crippen LogP contribution in [0.3, 0.4) is 0 Å². The van der Waals surface area contributed by atoms with E-state index in [4.69, 9.17) is 15.2 Å². The lowest BCUT2D eigenvalue weighted by Crippen LogP contribution is -2.19. The summed E-state index contributed by atoms with van der Waals surface area (Å²) in [4.78, 5) is 4.61. The third-order valence-corrected chi connectivity index (χ3v) is 5.97. The number of anilines is 1. The molecule has 0 fully saturated rings. The Kier molecular flexibility index (Phi) is 4.09. The molecule has 1 aliphatic heterocycles. The molecule has 0 unspecified atom stereocenters. The minimum absolute atomic E-state index is 0.207. The zero-order chi connectivity index (χ0) is 20.4. The van der Waals surface area contributed by atoms with Crippen molar-refractivity contribution in [2.75, 3.05) is 19.5 Å². The van der Waals surface area contributed by atoms with E-state index in [0.717, 1.165) is 38.2 Å². The maximum Gasteiger partial charge on any atom is 0.166 e. The van der Waals surface area contributed by atoms with Crippen molar-refractivity contribution in [3.8, 4) is 23.3 Å². The number of pyridine rings is 1. The summed E-state index contributed by atoms with van der Waals surface area (Å²) < 4.78 is 14.4. The molecule has 4 rings (SSSR count). The highest BCUT2D eigenvalue weighted by Crippen LogP contribution is 2.47. The van der Waals surface area contributed by atoms with Gasteiger partial charge in [0.05, 0.1) is 29.6 Å². The third-order valence-electron chi connectivity index (χ3n) is 5.39. The predicted octanol–water partition coefficient (Wildman–Crippen LogP) is 4.54. The molecule has 3 aromatic rings. The van der Waals surface area contributed by atoms with Crippen LogP contribution >= 0.6 is 15.9 Å². The lowest BCUT2D eigenvalue weighted by molar-refractivity contribution is 0.292. The molecule has 7 heteroatoms. The number of halogens is 1. The highest BCUT2D eigenvalue weighted by atomic mass is 79.9. The molecule has 6 nitrogen and oxygen atoms in total. The molecule has 2 N–H and O–H groups in total. The Morgan fingerprint density at radius 1 is 1.39 bits per heavy atom. The highest BCUT2D eigenvalue weighted by molar-refractivity contribution is 9.10. The highest BCUT2D eigenvalue weighted by Gasteiger charge is 2.37. The zero-order valence-electron chi connectivity index (χ0n) is 16.5. The Bertz CT molecular complexity index is 1190. The summed E-state index contributed by atoms with van der Waals surface area (Å²) in [6.07, 6.45) is 1.73. The van der Waals surface area contributed by atoms with Gasteiger partial charge in [-0.2, -0.15) is 5.26 Å². The fourth-order valence-electron chi connectivity index (χ4n) is 4.05. The number of nitrogens with zero attached hydrogens (tertiary/aromatic N) is 3. The Balaban J connectivity index is 2.20. The number of aryl methyl sites for hydroxylation is 1. The summed E-state index contributed by atoms with van der Waals surface area (Å²) in [6.45, 7) is 8.71. The monoisotopic (exact) mass is 440 g/mol. The van der Waals surface area contributed by atoms with Gasteiger partial charge in [-0.3, -0.25) is 9.55 Å². The van der Waals surface area contributed by atoms with Crippen LogP contribution in [0.4, 0.5) is 5.82 Å². The summed E-state index contributed by atoms with van der Waals surface area (Å²) in [5.74, 6) is 1.79. The van der Waals surface area contributed by atoms with Crippen LogP contribution in [0, 0.1) is 25.2 Å². The molecule has 3 heterocycles. The van der Waals surface area contributed by atoms with Crippen LogP contribution in [0.25, 0.3) is 16.6 Å². The largest absolute Gasteiger partial charge is 0.495 e. The van der Waals surface area contributed by atoms with Crippen LogP contribution in [0.2, 0.25) is 0 Å². The van der Waals surface area contributed by atoms with Gasteiger partial charge >= 0.3 is 0 Å². The van der Waals surface area contributed by atoms with Crippen molar-refractivity contribution in [1.82, 2.24) is 9.55 Å². The van der Waals surface area contributed by atoms with Crippen molar-refractivity contribution >= 4 is 32.7 Å². The van der Waals surface area contributed by atoms with Crippen LogP contribution in [0.5, 0.6) is 11.5 Å². The number of hydrogen-bond donors (Lipinski definition) is 1. The van der Waals surface area contributed by atoms with Gasteiger partial charge in [0, 0.05) is 22.6 Å². The summed E-state index contributed by atoms with van der Waals surface area (Å²) in [5, 5.41) is 10.5. The summed E-state index contributed by atoms with van der Waals surface area (Å²) in [7, 11) is 1.64. The number of aromatic nitrogens is 2. The van der Waals surface area contributed by atoms with E-state index in [0.29, 0.717) is 29.1 Å². The molecule has 0 saturated heterocycles. The Morgan fingerprint density at radius 2 is 2.11 bits per heavy atom. The van der Waals surface area contributed by atoms with Gasteiger partial charge < -0.3 is 15.2 Å². The molecule has 0 aliphatic carbocycles. The van der Waals surface area contributed by atoms with Crippen LogP contribution < -0.4 is 15.2 Å². The number of nitrogens with two attached hydrogens (primary N) is 1. The minimum atomic E-state index is -0.207. The van der Waals surface area contributed by atoms with E-state index in [-0.39, 0.29) is 5.41 Å². The standard InChI is InChI=1S/C21H21BrN4O2/c1-10-6-14(22)17(27-5)11(2)15(10)26-16-13(12(7-23)20(26)24)8-25-19-18(16)28-9-21(19,3)4/h6,8H,9,24H2,1-5H3. The number of nitrogen functional groups attached to an aromatic ring is 1.